The number of halogens is 1. The number of ketones is 1. The van der Waals surface area contributed by atoms with E-state index in [-0.39, 0.29) is 36.6 Å². The Hall–Kier alpha value is -4.99. The highest BCUT2D eigenvalue weighted by atomic mass is 19.1. The number of methoxy groups -OCH3 is 1. The molecule has 0 saturated heterocycles. The van der Waals surface area contributed by atoms with Crippen LogP contribution in [0.2, 0.25) is 0 Å². The van der Waals surface area contributed by atoms with Gasteiger partial charge in [-0.2, -0.15) is 0 Å². The Morgan fingerprint density at radius 3 is 2.44 bits per heavy atom. The second-order valence-corrected chi connectivity index (χ2v) is 10.1. The summed E-state index contributed by atoms with van der Waals surface area (Å²) in [5.41, 5.74) is 8.89. The van der Waals surface area contributed by atoms with Crippen LogP contribution in [-0.2, 0) is 23.9 Å². The molecule has 222 valence electrons. The van der Waals surface area contributed by atoms with Gasteiger partial charge in [0.05, 0.1) is 37.5 Å². The van der Waals surface area contributed by atoms with Gasteiger partial charge in [-0.05, 0) is 67.8 Å². The van der Waals surface area contributed by atoms with E-state index < -0.39 is 41.3 Å². The molecule has 43 heavy (non-hydrogen) atoms. The lowest BCUT2D eigenvalue weighted by Gasteiger charge is -2.44. The predicted molar refractivity (Wildman–Crippen MR) is 156 cm³/mol. The average Bonchev–Trinajstić information content (AvgIpc) is 3.01. The number of hydrogen-bond acceptors (Lipinski definition) is 9. The average molecular weight is 586 g/mol. The molecule has 2 aliphatic rings. The molecule has 0 amide bonds. The molecule has 0 saturated carbocycles. The number of nitrogens with zero attached hydrogens (tertiary/aromatic N) is 2. The lowest BCUT2D eigenvalue weighted by molar-refractivity contribution is -0.152. The van der Waals surface area contributed by atoms with Crippen LogP contribution in [0.15, 0.2) is 95.7 Å². The van der Waals surface area contributed by atoms with Gasteiger partial charge >= 0.3 is 11.9 Å². The van der Waals surface area contributed by atoms with E-state index in [0.29, 0.717) is 28.3 Å². The molecular formula is C33H32FN3O6. The molecule has 1 aliphatic carbocycles. The lowest BCUT2D eigenvalue weighted by atomic mass is 9.67. The monoisotopic (exact) mass is 585 g/mol. The minimum Gasteiger partial charge on any atom is -0.497 e. The Morgan fingerprint density at radius 2 is 1.77 bits per heavy atom. The van der Waals surface area contributed by atoms with Gasteiger partial charge in [0, 0.05) is 29.6 Å². The van der Waals surface area contributed by atoms with Crippen molar-refractivity contribution in [3.05, 3.63) is 113 Å². The zero-order valence-corrected chi connectivity index (χ0v) is 24.1. The zero-order valence-electron chi connectivity index (χ0n) is 24.1. The van der Waals surface area contributed by atoms with Crippen LogP contribution in [-0.4, -0.2) is 43.0 Å². The number of rotatable bonds is 8. The summed E-state index contributed by atoms with van der Waals surface area (Å²) in [6.45, 7) is 3.45. The van der Waals surface area contributed by atoms with Crippen LogP contribution >= 0.6 is 0 Å². The van der Waals surface area contributed by atoms with Crippen molar-refractivity contribution in [2.45, 2.75) is 32.1 Å². The van der Waals surface area contributed by atoms with Gasteiger partial charge in [-0.25, -0.2) is 9.18 Å². The van der Waals surface area contributed by atoms with Gasteiger partial charge < -0.3 is 19.9 Å². The number of Topliss-reactive ketones (excluding diaryl/α,β-unsaturated/α-hetero) is 1. The van der Waals surface area contributed by atoms with Crippen molar-refractivity contribution >= 4 is 23.4 Å². The van der Waals surface area contributed by atoms with Crippen LogP contribution in [0.25, 0.3) is 0 Å². The molecule has 2 N–H and O–H groups in total. The maximum absolute atomic E-state index is 14.7. The third-order valence-electron chi connectivity index (χ3n) is 7.68. The highest BCUT2D eigenvalue weighted by Crippen LogP contribution is 2.51. The van der Waals surface area contributed by atoms with E-state index in [4.69, 9.17) is 19.9 Å². The molecule has 0 fully saturated rings. The van der Waals surface area contributed by atoms with E-state index in [9.17, 15) is 18.8 Å². The van der Waals surface area contributed by atoms with E-state index in [0.717, 1.165) is 0 Å². The van der Waals surface area contributed by atoms with Crippen LogP contribution < -0.4 is 15.4 Å². The SMILES string of the molecule is CCOC(=O)C1=C(N)N(c2cccc(F)c2)C2=C(C(=O)[C@H](C(=O)OCC)[C@@H](c3cccc(OC)c3)C2)[C@H]1c1cccnc1. The summed E-state index contributed by atoms with van der Waals surface area (Å²) < 4.78 is 30.9. The Labute approximate surface area is 248 Å². The third-order valence-corrected chi connectivity index (χ3v) is 7.68. The Morgan fingerprint density at radius 1 is 1.02 bits per heavy atom. The van der Waals surface area contributed by atoms with E-state index in [1.807, 2.05) is 6.07 Å². The Balaban J connectivity index is 1.82. The summed E-state index contributed by atoms with van der Waals surface area (Å²) in [7, 11) is 1.53. The van der Waals surface area contributed by atoms with Crippen molar-refractivity contribution in [3.8, 4) is 5.75 Å². The third kappa shape index (κ3) is 5.48. The molecule has 3 aromatic rings. The van der Waals surface area contributed by atoms with Gasteiger partial charge in [-0.3, -0.25) is 19.5 Å². The number of carbonyl (C=O) groups excluding carboxylic acids is 3. The minimum atomic E-state index is -1.23. The van der Waals surface area contributed by atoms with Gasteiger partial charge in [-0.15, -0.1) is 0 Å². The first-order valence-corrected chi connectivity index (χ1v) is 14.0. The number of carbonyl (C=O) groups is 3. The van der Waals surface area contributed by atoms with Gasteiger partial charge in [0.2, 0.25) is 0 Å². The summed E-state index contributed by atoms with van der Waals surface area (Å²) in [6.07, 6.45) is 3.25. The maximum atomic E-state index is 14.7. The predicted octanol–water partition coefficient (Wildman–Crippen LogP) is 4.76. The van der Waals surface area contributed by atoms with Crippen molar-refractivity contribution in [2.75, 3.05) is 25.2 Å². The smallest absolute Gasteiger partial charge is 0.338 e. The molecule has 0 unspecified atom stereocenters. The second kappa shape index (κ2) is 12.5. The number of aromatic nitrogens is 1. The van der Waals surface area contributed by atoms with Crippen molar-refractivity contribution in [1.29, 1.82) is 0 Å². The topological polar surface area (TPSA) is 121 Å². The van der Waals surface area contributed by atoms with Crippen molar-refractivity contribution in [3.63, 3.8) is 0 Å². The van der Waals surface area contributed by atoms with Crippen LogP contribution in [0.5, 0.6) is 5.75 Å². The number of pyridine rings is 1. The normalized spacial score (nSPS) is 20.0. The fraction of sp³-hybridized carbons (Fsp3) is 0.273. The van der Waals surface area contributed by atoms with E-state index in [1.54, 1.807) is 62.6 Å². The molecule has 0 bridgehead atoms. The van der Waals surface area contributed by atoms with Gasteiger partial charge in [0.15, 0.2) is 5.78 Å². The first-order valence-electron chi connectivity index (χ1n) is 14.0. The Bertz CT molecular complexity index is 1620. The molecule has 1 aromatic heterocycles. The number of ether oxygens (including phenoxy) is 3. The largest absolute Gasteiger partial charge is 0.497 e. The molecule has 3 atom stereocenters. The number of hydrogen-bond donors (Lipinski definition) is 1. The number of benzene rings is 2. The van der Waals surface area contributed by atoms with Crippen LogP contribution in [0.4, 0.5) is 10.1 Å². The van der Waals surface area contributed by atoms with Gasteiger partial charge in [0.25, 0.3) is 0 Å². The molecule has 9 nitrogen and oxygen atoms in total. The van der Waals surface area contributed by atoms with E-state index in [1.165, 1.54) is 30.2 Å². The van der Waals surface area contributed by atoms with Crippen LogP contribution in [0.3, 0.4) is 0 Å². The summed E-state index contributed by atoms with van der Waals surface area (Å²) in [5.74, 6) is -4.86. The molecule has 1 aliphatic heterocycles. The van der Waals surface area contributed by atoms with Crippen molar-refractivity contribution in [2.24, 2.45) is 11.7 Å². The summed E-state index contributed by atoms with van der Waals surface area (Å²) in [5, 5.41) is 0. The number of anilines is 1. The molecule has 10 heteroatoms. The number of nitrogens with two attached hydrogens (primary N) is 1. The van der Waals surface area contributed by atoms with Gasteiger partial charge in [0.1, 0.15) is 23.3 Å². The summed E-state index contributed by atoms with van der Waals surface area (Å²) in [4.78, 5) is 47.6. The molecule has 2 heterocycles. The fourth-order valence-corrected chi connectivity index (χ4v) is 5.91. The van der Waals surface area contributed by atoms with Crippen molar-refractivity contribution in [1.82, 2.24) is 4.98 Å². The number of allylic oxidation sites excluding steroid dienone is 2. The highest BCUT2D eigenvalue weighted by Gasteiger charge is 2.51. The fourth-order valence-electron chi connectivity index (χ4n) is 5.91. The van der Waals surface area contributed by atoms with Gasteiger partial charge in [-0.1, -0.05) is 24.3 Å². The minimum absolute atomic E-state index is 0.00588. The zero-order chi connectivity index (χ0) is 30.7. The van der Waals surface area contributed by atoms with E-state index >= 15 is 0 Å². The molecule has 5 rings (SSSR count). The first kappa shape index (κ1) is 29.5. The summed E-state index contributed by atoms with van der Waals surface area (Å²) >= 11 is 0. The quantitative estimate of drug-likeness (QED) is 0.295. The standard InChI is InChI=1S/C33H32FN3O6/c1-4-42-32(39)27-24(19-9-6-13-23(15-19)41-3)17-25-28(30(27)38)26(20-10-8-14-36-18-20)29(33(40)43-5-2)31(35)37(25)22-12-7-11-21(34)16-22/h6-16,18,24,26-27H,4-5,17,35H2,1-3H3/t24-,26-,27-/m1/s1. The summed E-state index contributed by atoms with van der Waals surface area (Å²) in [6, 6.07) is 16.3. The van der Waals surface area contributed by atoms with Crippen molar-refractivity contribution < 1.29 is 33.0 Å². The maximum Gasteiger partial charge on any atom is 0.338 e. The number of esters is 2. The first-order chi connectivity index (χ1) is 20.8. The highest BCUT2D eigenvalue weighted by molar-refractivity contribution is 6.14. The van der Waals surface area contributed by atoms with Crippen LogP contribution in [0.1, 0.15) is 43.2 Å². The van der Waals surface area contributed by atoms with E-state index in [2.05, 4.69) is 4.98 Å². The molecule has 0 radical (unpaired) electrons. The Kier molecular flexibility index (Phi) is 8.56. The molecule has 2 aromatic carbocycles. The molecule has 0 spiro atoms. The lowest BCUT2D eigenvalue weighted by Crippen LogP contribution is -2.46. The van der Waals surface area contributed by atoms with Crippen LogP contribution in [0, 0.1) is 11.7 Å². The molecular weight excluding hydrogens is 553 g/mol. The second-order valence-electron chi connectivity index (χ2n) is 10.1.